The van der Waals surface area contributed by atoms with Crippen LogP contribution in [0, 0.1) is 5.82 Å². The summed E-state index contributed by atoms with van der Waals surface area (Å²) in [5.41, 5.74) is -0.490. The minimum atomic E-state index is -3.08. The molecule has 0 spiro atoms. The molecule has 1 N–H and O–H groups in total. The van der Waals surface area contributed by atoms with Crippen LogP contribution in [0.3, 0.4) is 0 Å². The molecule has 1 aromatic carbocycles. The molecule has 37 heavy (non-hydrogen) atoms. The first kappa shape index (κ1) is 29.9. The van der Waals surface area contributed by atoms with Gasteiger partial charge in [0.25, 0.3) is 0 Å². The molecule has 2 aromatic rings. The van der Waals surface area contributed by atoms with E-state index in [4.69, 9.17) is 9.47 Å². The lowest BCUT2D eigenvalue weighted by Gasteiger charge is -2.36. The van der Waals surface area contributed by atoms with Crippen molar-refractivity contribution in [3.63, 3.8) is 0 Å². The molecule has 0 saturated heterocycles. The minimum absolute atomic E-state index is 0.0311. The lowest BCUT2D eigenvalue weighted by molar-refractivity contribution is 0.374. The summed E-state index contributed by atoms with van der Waals surface area (Å²) >= 11 is 3.32. The minimum Gasteiger partial charge on any atom is -0.497 e. The number of ether oxygens (including phenoxy) is 2. The van der Waals surface area contributed by atoms with Gasteiger partial charge in [-0.3, -0.25) is 0 Å². The summed E-state index contributed by atoms with van der Waals surface area (Å²) in [5, 5.41) is 0. The van der Waals surface area contributed by atoms with E-state index in [0.717, 1.165) is 18.4 Å². The monoisotopic (exact) mass is 618 g/mol. The van der Waals surface area contributed by atoms with Crippen LogP contribution in [0.5, 0.6) is 11.5 Å². The van der Waals surface area contributed by atoms with E-state index in [9.17, 15) is 8.42 Å². The van der Waals surface area contributed by atoms with Gasteiger partial charge in [-0.15, -0.1) is 0 Å². The van der Waals surface area contributed by atoms with Crippen molar-refractivity contribution >= 4 is 36.8 Å². The number of aromatic nitrogens is 1. The van der Waals surface area contributed by atoms with Crippen LogP contribution >= 0.6 is 15.9 Å². The van der Waals surface area contributed by atoms with Crippen molar-refractivity contribution in [2.45, 2.75) is 57.4 Å². The maximum atomic E-state index is 15.2. The number of rotatable bonds is 9. The molecule has 0 bridgehead atoms. The third-order valence-electron chi connectivity index (χ3n) is 6.04. The zero-order valence-electron chi connectivity index (χ0n) is 22.2. The van der Waals surface area contributed by atoms with Gasteiger partial charge in [0.15, 0.2) is 0 Å². The molecule has 1 aliphatic rings. The highest BCUT2D eigenvalue weighted by molar-refractivity contribution is 9.10. The van der Waals surface area contributed by atoms with Gasteiger partial charge >= 0.3 is 0 Å². The fraction of sp³-hybridized carbons (Fsp3) is 0.560. The van der Waals surface area contributed by atoms with Gasteiger partial charge in [-0.25, -0.2) is 31.2 Å². The standard InChI is InChI=1S/C25H36BrFN4O4S2/c1-24(2,3)36(32)30-25(4,23-20(27)11-12-22(26)29-23)17-37(33)28-13-7-8-14-31(37)16-18-9-10-19(34-5)15-21(18)35-6/h9-12,15,30H,7-8,13-14,16-17H2,1-6H3/t25-,36+,37?/m0/s1. The number of methoxy groups -OCH3 is 2. The smallest absolute Gasteiger partial charge is 0.146 e. The molecule has 0 aliphatic carbocycles. The summed E-state index contributed by atoms with van der Waals surface area (Å²) in [4.78, 5) is 4.38. The van der Waals surface area contributed by atoms with Crippen LogP contribution in [0.2, 0.25) is 0 Å². The Morgan fingerprint density at radius 3 is 2.54 bits per heavy atom. The van der Waals surface area contributed by atoms with E-state index in [1.807, 2.05) is 37.2 Å². The molecule has 1 unspecified atom stereocenters. The van der Waals surface area contributed by atoms with Crippen molar-refractivity contribution in [2.75, 3.05) is 33.1 Å². The molecule has 0 saturated carbocycles. The van der Waals surface area contributed by atoms with Crippen LogP contribution in [-0.2, 0) is 33.0 Å². The molecule has 3 atom stereocenters. The van der Waals surface area contributed by atoms with Crippen molar-refractivity contribution < 1.29 is 22.3 Å². The van der Waals surface area contributed by atoms with E-state index in [2.05, 4.69) is 30.0 Å². The van der Waals surface area contributed by atoms with Gasteiger partial charge in [0.1, 0.15) is 31.8 Å². The number of hydrogen-bond donors (Lipinski definition) is 1. The molecule has 2 heterocycles. The summed E-state index contributed by atoms with van der Waals surface area (Å²) < 4.78 is 63.3. The first-order chi connectivity index (χ1) is 17.3. The fourth-order valence-corrected chi connectivity index (χ4v) is 7.86. The highest BCUT2D eigenvalue weighted by atomic mass is 79.9. The lowest BCUT2D eigenvalue weighted by Crippen LogP contribution is -2.53. The van der Waals surface area contributed by atoms with E-state index >= 15 is 4.39 Å². The Morgan fingerprint density at radius 1 is 1.16 bits per heavy atom. The normalized spacial score (nSPS) is 21.4. The number of hydrogen-bond acceptors (Lipinski definition) is 6. The second kappa shape index (κ2) is 12.1. The predicted octanol–water partition coefficient (Wildman–Crippen LogP) is 4.95. The van der Waals surface area contributed by atoms with E-state index in [1.54, 1.807) is 27.2 Å². The number of pyridine rings is 1. The van der Waals surface area contributed by atoms with Gasteiger partial charge in [-0.2, -0.15) is 0 Å². The molecular weight excluding hydrogens is 583 g/mol. The van der Waals surface area contributed by atoms with Crippen LogP contribution in [0.25, 0.3) is 0 Å². The van der Waals surface area contributed by atoms with Crippen molar-refractivity contribution in [3.8, 4) is 11.5 Å². The predicted molar refractivity (Wildman–Crippen MR) is 150 cm³/mol. The molecule has 206 valence electrons. The summed E-state index contributed by atoms with van der Waals surface area (Å²) in [6, 6.07) is 8.28. The molecule has 0 radical (unpaired) electrons. The Bertz CT molecular complexity index is 1260. The number of halogens is 2. The highest BCUT2D eigenvalue weighted by Crippen LogP contribution is 2.32. The van der Waals surface area contributed by atoms with Crippen LogP contribution in [0.15, 0.2) is 39.3 Å². The molecule has 8 nitrogen and oxygen atoms in total. The number of nitrogens with zero attached hydrogens (tertiary/aromatic N) is 3. The van der Waals surface area contributed by atoms with E-state index in [0.29, 0.717) is 35.7 Å². The first-order valence-electron chi connectivity index (χ1n) is 12.0. The molecule has 1 aromatic heterocycles. The summed E-state index contributed by atoms with van der Waals surface area (Å²) in [6.07, 6.45) is 1.59. The van der Waals surface area contributed by atoms with Crippen LogP contribution in [-0.4, -0.2) is 55.5 Å². The fourth-order valence-electron chi connectivity index (χ4n) is 4.01. The molecule has 0 amide bonds. The van der Waals surface area contributed by atoms with Gasteiger partial charge < -0.3 is 9.47 Å². The third kappa shape index (κ3) is 7.29. The van der Waals surface area contributed by atoms with Crippen molar-refractivity contribution in [2.24, 2.45) is 4.36 Å². The molecule has 3 rings (SSSR count). The molecule has 12 heteroatoms. The maximum Gasteiger partial charge on any atom is 0.146 e. The first-order valence-corrected chi connectivity index (χ1v) is 15.6. The van der Waals surface area contributed by atoms with Gasteiger partial charge in [-0.1, -0.05) is 6.07 Å². The van der Waals surface area contributed by atoms with Crippen LogP contribution in [0.4, 0.5) is 4.39 Å². The average molecular weight is 620 g/mol. The van der Waals surface area contributed by atoms with Gasteiger partial charge in [0.2, 0.25) is 0 Å². The van der Waals surface area contributed by atoms with E-state index < -0.39 is 37.0 Å². The number of nitrogens with one attached hydrogen (secondary N) is 1. The molecule has 1 aliphatic heterocycles. The van der Waals surface area contributed by atoms with Crippen molar-refractivity contribution in [1.29, 1.82) is 0 Å². The zero-order chi connectivity index (χ0) is 27.4. The Hall–Kier alpha value is -1.60. The van der Waals surface area contributed by atoms with Gasteiger partial charge in [-0.05, 0) is 74.7 Å². The number of benzene rings is 1. The van der Waals surface area contributed by atoms with Gasteiger partial charge in [0, 0.05) is 31.3 Å². The van der Waals surface area contributed by atoms with E-state index in [-0.39, 0.29) is 11.4 Å². The summed E-state index contributed by atoms with van der Waals surface area (Å²) in [5.74, 6) is 0.573. The third-order valence-corrected chi connectivity index (χ3v) is 10.9. The Balaban J connectivity index is 2.08. The molecule has 0 fully saturated rings. The topological polar surface area (TPSA) is 93.1 Å². The Labute approximate surface area is 230 Å². The van der Waals surface area contributed by atoms with Crippen molar-refractivity contribution in [1.82, 2.24) is 14.0 Å². The molecular formula is C25H36BrFN4O4S2. The average Bonchev–Trinajstić information content (AvgIpc) is 3.00. The summed E-state index contributed by atoms with van der Waals surface area (Å²) in [6.45, 7) is 8.40. The van der Waals surface area contributed by atoms with Crippen molar-refractivity contribution in [3.05, 3.63) is 52.0 Å². The Kier molecular flexibility index (Phi) is 9.76. The SMILES string of the molecule is COc1ccc(CN2CCCCN=S2(=O)C[C@](C)(N[S@](=O)C(C)(C)C)c2nc(Br)ccc2F)c(OC)c1. The second-order valence-corrected chi connectivity index (χ2v) is 15.2. The quantitative estimate of drug-likeness (QED) is 0.402. The maximum absolute atomic E-state index is 15.2. The van der Waals surface area contributed by atoms with E-state index in [1.165, 1.54) is 12.1 Å². The largest absolute Gasteiger partial charge is 0.497 e. The lowest BCUT2D eigenvalue weighted by atomic mass is 10.0. The zero-order valence-corrected chi connectivity index (χ0v) is 25.4. The summed E-state index contributed by atoms with van der Waals surface area (Å²) in [7, 11) is -1.52. The highest BCUT2D eigenvalue weighted by Gasteiger charge is 2.41. The Morgan fingerprint density at radius 2 is 1.89 bits per heavy atom. The van der Waals surface area contributed by atoms with Crippen LogP contribution < -0.4 is 14.2 Å². The van der Waals surface area contributed by atoms with Gasteiger partial charge in [0.05, 0.1) is 46.9 Å². The van der Waals surface area contributed by atoms with Crippen LogP contribution in [0.1, 0.15) is 51.8 Å². The second-order valence-electron chi connectivity index (χ2n) is 10.1.